The molecular formula is C20H15F3NO2+. The Balaban J connectivity index is 1.72. The molecule has 0 N–H and O–H groups in total. The van der Waals surface area contributed by atoms with Gasteiger partial charge in [0.1, 0.15) is 7.05 Å². The summed E-state index contributed by atoms with van der Waals surface area (Å²) in [6.07, 6.45) is 1.27. The predicted octanol–water partition coefficient (Wildman–Crippen LogP) is 4.58. The molecule has 0 unspecified atom stereocenters. The van der Waals surface area contributed by atoms with E-state index in [1.807, 2.05) is 42.1 Å². The van der Waals surface area contributed by atoms with E-state index in [4.69, 9.17) is 9.47 Å². The van der Waals surface area contributed by atoms with Gasteiger partial charge in [-0.1, -0.05) is 12.1 Å². The fourth-order valence-corrected chi connectivity index (χ4v) is 2.95. The fraction of sp³-hybridized carbons (Fsp3) is 0.150. The number of hydrogen-bond donors (Lipinski definition) is 0. The third-order valence-electron chi connectivity index (χ3n) is 4.35. The summed E-state index contributed by atoms with van der Waals surface area (Å²) in [5, 5.41) is 1.97. The number of ether oxygens (including phenoxy) is 2. The van der Waals surface area contributed by atoms with Crippen LogP contribution in [0.1, 0.15) is 16.8 Å². The Labute approximate surface area is 147 Å². The van der Waals surface area contributed by atoms with E-state index in [-0.39, 0.29) is 6.79 Å². The first kappa shape index (κ1) is 16.4. The summed E-state index contributed by atoms with van der Waals surface area (Å²) in [4.78, 5) is 0. The van der Waals surface area contributed by atoms with Crippen LogP contribution in [-0.2, 0) is 13.2 Å². The molecule has 0 bridgehead atoms. The average molecular weight is 358 g/mol. The SMILES string of the molecule is C[n+]1ccc2cc3c(cc2c1/C=C/c1ccc(C(F)(F)F)cc1)OCO3. The lowest BCUT2D eigenvalue weighted by molar-refractivity contribution is -0.671. The van der Waals surface area contributed by atoms with Gasteiger partial charge >= 0.3 is 6.18 Å². The first-order valence-corrected chi connectivity index (χ1v) is 7.99. The number of nitrogens with zero attached hydrogens (tertiary/aromatic N) is 1. The van der Waals surface area contributed by atoms with Crippen molar-refractivity contribution in [1.29, 1.82) is 0 Å². The Kier molecular flexibility index (Phi) is 3.83. The van der Waals surface area contributed by atoms with Crippen LogP contribution < -0.4 is 14.0 Å². The van der Waals surface area contributed by atoms with Crippen molar-refractivity contribution in [2.75, 3.05) is 6.79 Å². The maximum absolute atomic E-state index is 12.7. The van der Waals surface area contributed by atoms with Gasteiger partial charge in [0, 0.05) is 12.1 Å². The van der Waals surface area contributed by atoms with Crippen molar-refractivity contribution in [1.82, 2.24) is 0 Å². The van der Waals surface area contributed by atoms with Crippen LogP contribution in [0.25, 0.3) is 22.9 Å². The third-order valence-corrected chi connectivity index (χ3v) is 4.35. The molecule has 0 saturated heterocycles. The molecule has 2 heterocycles. The summed E-state index contributed by atoms with van der Waals surface area (Å²) in [7, 11) is 1.91. The number of aryl methyl sites for hydroxylation is 1. The second-order valence-corrected chi connectivity index (χ2v) is 6.06. The number of halogens is 3. The van der Waals surface area contributed by atoms with Crippen LogP contribution >= 0.6 is 0 Å². The van der Waals surface area contributed by atoms with E-state index in [1.165, 1.54) is 12.1 Å². The number of rotatable bonds is 2. The molecular weight excluding hydrogens is 343 g/mol. The van der Waals surface area contributed by atoms with Gasteiger partial charge in [-0.05, 0) is 41.3 Å². The number of benzene rings is 2. The molecule has 0 saturated carbocycles. The monoisotopic (exact) mass is 358 g/mol. The molecule has 132 valence electrons. The molecule has 26 heavy (non-hydrogen) atoms. The zero-order valence-corrected chi connectivity index (χ0v) is 13.9. The van der Waals surface area contributed by atoms with Gasteiger partial charge in [-0.2, -0.15) is 13.2 Å². The molecule has 0 aliphatic carbocycles. The maximum atomic E-state index is 12.7. The highest BCUT2D eigenvalue weighted by molar-refractivity contribution is 5.92. The van der Waals surface area contributed by atoms with E-state index in [2.05, 4.69) is 0 Å². The lowest BCUT2D eigenvalue weighted by Crippen LogP contribution is -2.31. The highest BCUT2D eigenvalue weighted by Crippen LogP contribution is 2.36. The van der Waals surface area contributed by atoms with Gasteiger partial charge < -0.3 is 9.47 Å². The summed E-state index contributed by atoms with van der Waals surface area (Å²) in [6.45, 7) is 0.203. The fourth-order valence-electron chi connectivity index (χ4n) is 2.95. The van der Waals surface area contributed by atoms with Gasteiger partial charge in [0.25, 0.3) is 0 Å². The predicted molar refractivity (Wildman–Crippen MR) is 91.6 cm³/mol. The third kappa shape index (κ3) is 2.98. The summed E-state index contributed by atoms with van der Waals surface area (Å²) >= 11 is 0. The lowest BCUT2D eigenvalue weighted by atomic mass is 10.1. The van der Waals surface area contributed by atoms with Gasteiger partial charge in [0.05, 0.1) is 10.9 Å². The number of hydrogen-bond acceptors (Lipinski definition) is 2. The molecule has 1 aliphatic heterocycles. The van der Waals surface area contributed by atoms with Crippen molar-refractivity contribution in [2.45, 2.75) is 6.18 Å². The second-order valence-electron chi connectivity index (χ2n) is 6.06. The van der Waals surface area contributed by atoms with Crippen molar-refractivity contribution >= 4 is 22.9 Å². The molecule has 0 fully saturated rings. The zero-order chi connectivity index (χ0) is 18.3. The van der Waals surface area contributed by atoms with Gasteiger partial charge in [0.15, 0.2) is 17.7 Å². The van der Waals surface area contributed by atoms with E-state index >= 15 is 0 Å². The van der Waals surface area contributed by atoms with Crippen LogP contribution in [0.3, 0.4) is 0 Å². The van der Waals surface area contributed by atoms with Crippen molar-refractivity contribution in [3.63, 3.8) is 0 Å². The van der Waals surface area contributed by atoms with Crippen LogP contribution in [0.5, 0.6) is 11.5 Å². The Bertz CT molecular complexity index is 1010. The van der Waals surface area contributed by atoms with Crippen molar-refractivity contribution < 1.29 is 27.2 Å². The highest BCUT2D eigenvalue weighted by atomic mass is 19.4. The minimum Gasteiger partial charge on any atom is -0.454 e. The minimum atomic E-state index is -4.33. The molecule has 1 aliphatic rings. The number of pyridine rings is 1. The molecule has 6 heteroatoms. The molecule has 0 radical (unpaired) electrons. The smallest absolute Gasteiger partial charge is 0.416 e. The van der Waals surface area contributed by atoms with E-state index < -0.39 is 11.7 Å². The van der Waals surface area contributed by atoms with Gasteiger partial charge in [0.2, 0.25) is 12.5 Å². The molecule has 4 rings (SSSR count). The second kappa shape index (κ2) is 6.05. The standard InChI is InChI=1S/C20H15F3NO2/c1-24-9-8-14-10-18-19(26-12-25-18)11-16(14)17(24)7-4-13-2-5-15(6-3-13)20(21,22)23/h2-11H,12H2,1H3/q+1/b7-4+. The number of fused-ring (bicyclic) bond motifs is 2. The van der Waals surface area contributed by atoms with E-state index in [1.54, 1.807) is 6.08 Å². The Hall–Kier alpha value is -3.02. The van der Waals surface area contributed by atoms with Crippen molar-refractivity contribution in [3.8, 4) is 11.5 Å². The van der Waals surface area contributed by atoms with Gasteiger partial charge in [-0.3, -0.25) is 0 Å². The summed E-state index contributed by atoms with van der Waals surface area (Å²) in [5.41, 5.74) is 0.953. The summed E-state index contributed by atoms with van der Waals surface area (Å²) < 4.78 is 50.8. The largest absolute Gasteiger partial charge is 0.454 e. The maximum Gasteiger partial charge on any atom is 0.416 e. The molecule has 0 amide bonds. The molecule has 0 spiro atoms. The topological polar surface area (TPSA) is 22.3 Å². The first-order chi connectivity index (χ1) is 12.4. The van der Waals surface area contributed by atoms with E-state index in [0.29, 0.717) is 17.1 Å². The lowest BCUT2D eigenvalue weighted by Gasteiger charge is -2.06. The van der Waals surface area contributed by atoms with E-state index in [9.17, 15) is 13.2 Å². The van der Waals surface area contributed by atoms with Crippen LogP contribution in [0, 0.1) is 0 Å². The summed E-state index contributed by atoms with van der Waals surface area (Å²) in [5.74, 6) is 1.40. The Morgan fingerprint density at radius 1 is 0.962 bits per heavy atom. The van der Waals surface area contributed by atoms with Crippen molar-refractivity contribution in [3.05, 3.63) is 65.5 Å². The quantitative estimate of drug-likeness (QED) is 0.626. The number of alkyl halides is 3. The Morgan fingerprint density at radius 3 is 2.35 bits per heavy atom. The molecule has 3 nitrogen and oxygen atoms in total. The molecule has 2 aromatic carbocycles. The molecule has 1 aromatic heterocycles. The molecule has 3 aromatic rings. The normalized spacial score (nSPS) is 13.7. The zero-order valence-electron chi connectivity index (χ0n) is 13.9. The first-order valence-electron chi connectivity index (χ1n) is 7.99. The van der Waals surface area contributed by atoms with E-state index in [0.717, 1.165) is 28.6 Å². The van der Waals surface area contributed by atoms with Gasteiger partial charge in [-0.15, -0.1) is 0 Å². The van der Waals surface area contributed by atoms with Crippen molar-refractivity contribution in [2.24, 2.45) is 7.05 Å². The van der Waals surface area contributed by atoms with Crippen LogP contribution in [-0.4, -0.2) is 6.79 Å². The van der Waals surface area contributed by atoms with Crippen LogP contribution in [0.4, 0.5) is 13.2 Å². The highest BCUT2D eigenvalue weighted by Gasteiger charge is 2.29. The van der Waals surface area contributed by atoms with Crippen LogP contribution in [0.15, 0.2) is 48.7 Å². The van der Waals surface area contributed by atoms with Crippen LogP contribution in [0.2, 0.25) is 0 Å². The summed E-state index contributed by atoms with van der Waals surface area (Å²) in [6, 6.07) is 10.9. The minimum absolute atomic E-state index is 0.203. The average Bonchev–Trinajstić information content (AvgIpc) is 3.06. The number of aromatic nitrogens is 1. The molecule has 0 atom stereocenters. The Morgan fingerprint density at radius 2 is 1.65 bits per heavy atom. The van der Waals surface area contributed by atoms with Gasteiger partial charge in [-0.25, -0.2) is 4.57 Å².